The maximum Gasteiger partial charge on any atom is 0.150 e. The standard InChI is InChI=1S/C11H14O2/c1-3-11(13)9-5-4-8(2)10(6-9)7-12/h4-7,11,13H,3H2,1-2H3. The van der Waals surface area contributed by atoms with E-state index in [1.54, 1.807) is 6.07 Å². The molecule has 0 aliphatic heterocycles. The first-order chi connectivity index (χ1) is 6.19. The van der Waals surface area contributed by atoms with Crippen LogP contribution in [0.25, 0.3) is 0 Å². The highest BCUT2D eigenvalue weighted by atomic mass is 16.3. The zero-order valence-electron chi connectivity index (χ0n) is 7.95. The lowest BCUT2D eigenvalue weighted by Crippen LogP contribution is -1.97. The Morgan fingerprint density at radius 3 is 2.77 bits per heavy atom. The first-order valence-electron chi connectivity index (χ1n) is 4.42. The first kappa shape index (κ1) is 9.93. The number of hydrogen-bond donors (Lipinski definition) is 1. The smallest absolute Gasteiger partial charge is 0.150 e. The van der Waals surface area contributed by atoms with Crippen molar-refractivity contribution in [3.8, 4) is 0 Å². The molecule has 1 atom stereocenters. The Kier molecular flexibility index (Phi) is 3.20. The van der Waals surface area contributed by atoms with Crippen molar-refractivity contribution < 1.29 is 9.90 Å². The Morgan fingerprint density at radius 1 is 1.54 bits per heavy atom. The number of aldehydes is 1. The number of benzene rings is 1. The van der Waals surface area contributed by atoms with Crippen molar-refractivity contribution in [1.29, 1.82) is 0 Å². The van der Waals surface area contributed by atoms with Crippen molar-refractivity contribution >= 4 is 6.29 Å². The number of carbonyl (C=O) groups is 1. The van der Waals surface area contributed by atoms with Crippen molar-refractivity contribution in [1.82, 2.24) is 0 Å². The molecule has 0 amide bonds. The summed E-state index contributed by atoms with van der Waals surface area (Å²) in [6.07, 6.45) is 1.03. The Morgan fingerprint density at radius 2 is 2.23 bits per heavy atom. The lowest BCUT2D eigenvalue weighted by Gasteiger charge is -2.09. The molecule has 0 spiro atoms. The zero-order valence-corrected chi connectivity index (χ0v) is 7.95. The van der Waals surface area contributed by atoms with E-state index in [9.17, 15) is 9.90 Å². The van der Waals surface area contributed by atoms with Crippen molar-refractivity contribution in [3.05, 3.63) is 34.9 Å². The molecule has 2 nitrogen and oxygen atoms in total. The van der Waals surface area contributed by atoms with Crippen LogP contribution in [0.3, 0.4) is 0 Å². The fourth-order valence-corrected chi connectivity index (χ4v) is 1.23. The van der Waals surface area contributed by atoms with Crippen LogP contribution < -0.4 is 0 Å². The third-order valence-electron chi connectivity index (χ3n) is 2.20. The summed E-state index contributed by atoms with van der Waals surface area (Å²) in [6.45, 7) is 3.79. The van der Waals surface area contributed by atoms with Crippen molar-refractivity contribution in [3.63, 3.8) is 0 Å². The molecule has 0 bridgehead atoms. The molecule has 1 rings (SSSR count). The van der Waals surface area contributed by atoms with Gasteiger partial charge in [-0.2, -0.15) is 0 Å². The van der Waals surface area contributed by atoms with Crippen molar-refractivity contribution in [2.24, 2.45) is 0 Å². The van der Waals surface area contributed by atoms with E-state index >= 15 is 0 Å². The number of rotatable bonds is 3. The lowest BCUT2D eigenvalue weighted by molar-refractivity contribution is 0.112. The second-order valence-electron chi connectivity index (χ2n) is 3.16. The molecule has 0 radical (unpaired) electrons. The lowest BCUT2D eigenvalue weighted by atomic mass is 10.0. The molecule has 1 aromatic rings. The van der Waals surface area contributed by atoms with Gasteiger partial charge >= 0.3 is 0 Å². The second-order valence-corrected chi connectivity index (χ2v) is 3.16. The van der Waals surface area contributed by atoms with Gasteiger partial charge in [-0.25, -0.2) is 0 Å². The van der Waals surface area contributed by atoms with Crippen LogP contribution in [-0.2, 0) is 0 Å². The van der Waals surface area contributed by atoms with Crippen LogP contribution in [0.15, 0.2) is 18.2 Å². The molecule has 0 aliphatic carbocycles. The van der Waals surface area contributed by atoms with Crippen LogP contribution in [0.4, 0.5) is 0 Å². The minimum absolute atomic E-state index is 0.459. The molecule has 2 heteroatoms. The molecule has 70 valence electrons. The number of aliphatic hydroxyl groups is 1. The average molecular weight is 178 g/mol. The summed E-state index contributed by atoms with van der Waals surface area (Å²) in [5.41, 5.74) is 2.42. The van der Waals surface area contributed by atoms with Crippen LogP contribution in [0.2, 0.25) is 0 Å². The van der Waals surface area contributed by atoms with Gasteiger partial charge in [-0.15, -0.1) is 0 Å². The van der Waals surface area contributed by atoms with Crippen LogP contribution in [-0.4, -0.2) is 11.4 Å². The molecule has 0 aromatic heterocycles. The molecule has 1 unspecified atom stereocenters. The molecule has 0 saturated carbocycles. The Hall–Kier alpha value is -1.15. The van der Waals surface area contributed by atoms with Crippen molar-refractivity contribution in [2.75, 3.05) is 0 Å². The van der Waals surface area contributed by atoms with Crippen LogP contribution >= 0.6 is 0 Å². The summed E-state index contributed by atoms with van der Waals surface area (Å²) < 4.78 is 0. The largest absolute Gasteiger partial charge is 0.388 e. The summed E-state index contributed by atoms with van der Waals surface area (Å²) in [6, 6.07) is 5.46. The molecule has 0 aliphatic rings. The van der Waals surface area contributed by atoms with Crippen LogP contribution in [0.1, 0.15) is 40.9 Å². The predicted molar refractivity (Wildman–Crippen MR) is 51.8 cm³/mol. The van der Waals surface area contributed by atoms with Gasteiger partial charge in [0.2, 0.25) is 0 Å². The van der Waals surface area contributed by atoms with E-state index in [-0.39, 0.29) is 0 Å². The number of carbonyl (C=O) groups excluding carboxylic acids is 1. The molecule has 0 saturated heterocycles. The van der Waals surface area contributed by atoms with Gasteiger partial charge in [-0.05, 0) is 30.5 Å². The van der Waals surface area contributed by atoms with Gasteiger partial charge in [-0.3, -0.25) is 4.79 Å². The molecule has 1 N–H and O–H groups in total. The fourth-order valence-electron chi connectivity index (χ4n) is 1.23. The zero-order chi connectivity index (χ0) is 9.84. The third-order valence-corrected chi connectivity index (χ3v) is 2.20. The van der Waals surface area contributed by atoms with E-state index < -0.39 is 6.10 Å². The van der Waals surface area contributed by atoms with Gasteiger partial charge in [-0.1, -0.05) is 19.1 Å². The monoisotopic (exact) mass is 178 g/mol. The van der Waals surface area contributed by atoms with Gasteiger partial charge in [0, 0.05) is 5.56 Å². The fraction of sp³-hybridized carbons (Fsp3) is 0.364. The van der Waals surface area contributed by atoms with E-state index in [0.717, 1.165) is 17.4 Å². The first-order valence-corrected chi connectivity index (χ1v) is 4.42. The Bertz CT molecular complexity index is 305. The SMILES string of the molecule is CCC(O)c1ccc(C)c(C=O)c1. The van der Waals surface area contributed by atoms with E-state index in [4.69, 9.17) is 0 Å². The predicted octanol–water partition coefficient (Wildman–Crippen LogP) is 2.25. The van der Waals surface area contributed by atoms with E-state index in [0.29, 0.717) is 12.0 Å². The molecular weight excluding hydrogens is 164 g/mol. The van der Waals surface area contributed by atoms with Gasteiger partial charge < -0.3 is 5.11 Å². The third kappa shape index (κ3) is 2.16. The highest BCUT2D eigenvalue weighted by molar-refractivity contribution is 5.77. The Labute approximate surface area is 78.2 Å². The quantitative estimate of drug-likeness (QED) is 0.721. The van der Waals surface area contributed by atoms with Gasteiger partial charge in [0.25, 0.3) is 0 Å². The normalized spacial score (nSPS) is 12.5. The van der Waals surface area contributed by atoms with Crippen LogP contribution in [0.5, 0.6) is 0 Å². The minimum atomic E-state index is -0.459. The van der Waals surface area contributed by atoms with Gasteiger partial charge in [0.15, 0.2) is 0 Å². The summed E-state index contributed by atoms with van der Waals surface area (Å²) in [4.78, 5) is 10.6. The van der Waals surface area contributed by atoms with Crippen molar-refractivity contribution in [2.45, 2.75) is 26.4 Å². The van der Waals surface area contributed by atoms with Gasteiger partial charge in [0.1, 0.15) is 6.29 Å². The molecular formula is C11H14O2. The highest BCUT2D eigenvalue weighted by Gasteiger charge is 2.06. The Balaban J connectivity index is 3.05. The minimum Gasteiger partial charge on any atom is -0.388 e. The maximum absolute atomic E-state index is 10.6. The number of aliphatic hydroxyl groups excluding tert-OH is 1. The topological polar surface area (TPSA) is 37.3 Å². The average Bonchev–Trinajstić information content (AvgIpc) is 2.17. The molecule has 1 aromatic carbocycles. The second kappa shape index (κ2) is 4.19. The summed E-state index contributed by atoms with van der Waals surface area (Å²) in [5, 5.41) is 9.52. The highest BCUT2D eigenvalue weighted by Crippen LogP contribution is 2.18. The molecule has 0 heterocycles. The van der Waals surface area contributed by atoms with E-state index in [1.807, 2.05) is 26.0 Å². The summed E-state index contributed by atoms with van der Waals surface area (Å²) in [5.74, 6) is 0. The van der Waals surface area contributed by atoms with E-state index in [2.05, 4.69) is 0 Å². The summed E-state index contributed by atoms with van der Waals surface area (Å²) in [7, 11) is 0. The number of hydrogen-bond acceptors (Lipinski definition) is 2. The van der Waals surface area contributed by atoms with Gasteiger partial charge in [0.05, 0.1) is 6.10 Å². The van der Waals surface area contributed by atoms with Crippen LogP contribution in [0, 0.1) is 6.92 Å². The molecule has 0 fully saturated rings. The molecule has 13 heavy (non-hydrogen) atoms. The summed E-state index contributed by atoms with van der Waals surface area (Å²) >= 11 is 0. The number of aryl methyl sites for hydroxylation is 1. The maximum atomic E-state index is 10.6. The van der Waals surface area contributed by atoms with E-state index in [1.165, 1.54) is 0 Å².